The molecule has 31 heavy (non-hydrogen) atoms. The third kappa shape index (κ3) is 4.52. The summed E-state index contributed by atoms with van der Waals surface area (Å²) >= 11 is 1.46. The van der Waals surface area contributed by atoms with Gasteiger partial charge in [0, 0.05) is 33.8 Å². The predicted octanol–water partition coefficient (Wildman–Crippen LogP) is 6.91. The summed E-state index contributed by atoms with van der Waals surface area (Å²) in [6.45, 7) is 2.02. The monoisotopic (exact) mass is 431 g/mol. The molecule has 0 aliphatic rings. The molecule has 3 nitrogen and oxygen atoms in total. The lowest BCUT2D eigenvalue weighted by Gasteiger charge is -2.21. The van der Waals surface area contributed by atoms with Gasteiger partial charge in [-0.1, -0.05) is 54.1 Å². The third-order valence-electron chi connectivity index (χ3n) is 5.15. The Hall–Kier alpha value is -3.44. The fourth-order valence-corrected chi connectivity index (χ4v) is 4.32. The minimum atomic E-state index is -0.882. The SMILES string of the molecule is COc1cccc(NC(C(=O)c2cscc2-c2ccc(C)cc2)c2ccccc2F)c1. The van der Waals surface area contributed by atoms with E-state index in [-0.39, 0.29) is 5.78 Å². The quantitative estimate of drug-likeness (QED) is 0.323. The Morgan fingerprint density at radius 2 is 1.77 bits per heavy atom. The molecule has 5 heteroatoms. The van der Waals surface area contributed by atoms with Crippen LogP contribution in [0, 0.1) is 12.7 Å². The van der Waals surface area contributed by atoms with Crippen molar-refractivity contribution in [3.05, 3.63) is 106 Å². The molecule has 0 saturated carbocycles. The Balaban J connectivity index is 1.76. The highest BCUT2D eigenvalue weighted by molar-refractivity contribution is 7.08. The molecule has 156 valence electrons. The van der Waals surface area contributed by atoms with Crippen LogP contribution in [-0.2, 0) is 0 Å². The van der Waals surface area contributed by atoms with E-state index in [1.807, 2.05) is 60.1 Å². The molecule has 1 unspecified atom stereocenters. The predicted molar refractivity (Wildman–Crippen MR) is 125 cm³/mol. The second-order valence-electron chi connectivity index (χ2n) is 7.26. The standard InChI is InChI=1S/C26H22FNO2S/c1-17-10-12-18(13-11-17)22-15-31-16-23(22)26(29)25(21-8-3-4-9-24(21)27)28-19-6-5-7-20(14-19)30-2/h3-16,25,28H,1-2H3. The number of hydrogen-bond acceptors (Lipinski definition) is 4. The normalized spacial score (nSPS) is 11.7. The van der Waals surface area contributed by atoms with Crippen molar-refractivity contribution < 1.29 is 13.9 Å². The zero-order chi connectivity index (χ0) is 21.8. The van der Waals surface area contributed by atoms with E-state index in [1.165, 1.54) is 17.4 Å². The number of ether oxygens (including phenoxy) is 1. The van der Waals surface area contributed by atoms with Crippen molar-refractivity contribution in [3.63, 3.8) is 0 Å². The molecule has 1 atom stereocenters. The number of benzene rings is 3. The van der Waals surface area contributed by atoms with Crippen molar-refractivity contribution in [2.75, 3.05) is 12.4 Å². The van der Waals surface area contributed by atoms with E-state index >= 15 is 0 Å². The average Bonchev–Trinajstić information content (AvgIpc) is 3.28. The highest BCUT2D eigenvalue weighted by Crippen LogP contribution is 2.34. The number of carbonyl (C=O) groups excluding carboxylic acids is 1. The van der Waals surface area contributed by atoms with E-state index in [0.717, 1.165) is 16.7 Å². The molecule has 1 aromatic heterocycles. The lowest BCUT2D eigenvalue weighted by molar-refractivity contribution is 0.0969. The van der Waals surface area contributed by atoms with Gasteiger partial charge in [0.2, 0.25) is 0 Å². The maximum atomic E-state index is 14.7. The Morgan fingerprint density at radius 1 is 1.00 bits per heavy atom. The van der Waals surface area contributed by atoms with Crippen molar-refractivity contribution in [2.45, 2.75) is 13.0 Å². The van der Waals surface area contributed by atoms with Gasteiger partial charge >= 0.3 is 0 Å². The number of Topliss-reactive ketones (excluding diaryl/α,β-unsaturated/α-hetero) is 1. The molecule has 0 spiro atoms. The zero-order valence-corrected chi connectivity index (χ0v) is 18.1. The first-order chi connectivity index (χ1) is 15.1. The molecule has 4 aromatic rings. The first-order valence-electron chi connectivity index (χ1n) is 9.89. The fraction of sp³-hybridized carbons (Fsp3) is 0.115. The molecule has 0 fully saturated rings. The van der Waals surface area contributed by atoms with Crippen LogP contribution < -0.4 is 10.1 Å². The summed E-state index contributed by atoms with van der Waals surface area (Å²) in [5.74, 6) is 0.0358. The molecule has 1 N–H and O–H groups in total. The molecule has 4 rings (SSSR count). The molecule has 3 aromatic carbocycles. The number of rotatable bonds is 7. The van der Waals surface area contributed by atoms with Crippen LogP contribution in [0.2, 0.25) is 0 Å². The number of aryl methyl sites for hydroxylation is 1. The summed E-state index contributed by atoms with van der Waals surface area (Å²) in [6.07, 6.45) is 0. The summed E-state index contributed by atoms with van der Waals surface area (Å²) in [6, 6.07) is 20.8. The number of thiophene rings is 1. The lowest BCUT2D eigenvalue weighted by Crippen LogP contribution is -2.22. The minimum Gasteiger partial charge on any atom is -0.497 e. The summed E-state index contributed by atoms with van der Waals surface area (Å²) in [5.41, 5.74) is 4.50. The zero-order valence-electron chi connectivity index (χ0n) is 17.3. The van der Waals surface area contributed by atoms with Crippen molar-refractivity contribution >= 4 is 22.8 Å². The van der Waals surface area contributed by atoms with Gasteiger partial charge in [0.25, 0.3) is 0 Å². The Morgan fingerprint density at radius 3 is 2.52 bits per heavy atom. The number of methoxy groups -OCH3 is 1. The second-order valence-corrected chi connectivity index (χ2v) is 8.00. The smallest absolute Gasteiger partial charge is 0.191 e. The van der Waals surface area contributed by atoms with Crippen LogP contribution in [0.1, 0.15) is 27.5 Å². The molecular formula is C26H22FNO2S. The molecule has 0 amide bonds. The van der Waals surface area contributed by atoms with Crippen LogP contribution >= 0.6 is 11.3 Å². The highest BCUT2D eigenvalue weighted by atomic mass is 32.1. The van der Waals surface area contributed by atoms with Gasteiger partial charge < -0.3 is 10.1 Å². The molecule has 1 heterocycles. The van der Waals surface area contributed by atoms with Crippen molar-refractivity contribution in [3.8, 4) is 16.9 Å². The van der Waals surface area contributed by atoms with E-state index in [2.05, 4.69) is 5.32 Å². The summed E-state index contributed by atoms with van der Waals surface area (Å²) < 4.78 is 20.0. The van der Waals surface area contributed by atoms with Crippen LogP contribution in [0.5, 0.6) is 5.75 Å². The number of nitrogens with one attached hydrogen (secondary N) is 1. The molecule has 0 aliphatic heterocycles. The van der Waals surface area contributed by atoms with Gasteiger partial charge in [-0.3, -0.25) is 4.79 Å². The van der Waals surface area contributed by atoms with Crippen LogP contribution in [0.15, 0.2) is 83.6 Å². The average molecular weight is 432 g/mol. The van der Waals surface area contributed by atoms with Crippen LogP contribution in [0.3, 0.4) is 0 Å². The molecule has 0 radical (unpaired) electrons. The van der Waals surface area contributed by atoms with Gasteiger partial charge in [0.15, 0.2) is 5.78 Å². The third-order valence-corrected chi connectivity index (χ3v) is 5.89. The fourth-order valence-electron chi connectivity index (χ4n) is 3.47. The second kappa shape index (κ2) is 9.14. The van der Waals surface area contributed by atoms with Gasteiger partial charge in [0.05, 0.1) is 7.11 Å². The number of anilines is 1. The van der Waals surface area contributed by atoms with E-state index < -0.39 is 11.9 Å². The molecule has 0 aliphatic carbocycles. The van der Waals surface area contributed by atoms with E-state index in [4.69, 9.17) is 4.74 Å². The highest BCUT2D eigenvalue weighted by Gasteiger charge is 2.27. The Bertz CT molecular complexity index is 1200. The maximum Gasteiger partial charge on any atom is 0.191 e. The maximum absolute atomic E-state index is 14.7. The number of carbonyl (C=O) groups is 1. The molecule has 0 bridgehead atoms. The Labute approximate surface area is 185 Å². The van der Waals surface area contributed by atoms with Gasteiger partial charge in [-0.15, -0.1) is 0 Å². The topological polar surface area (TPSA) is 38.3 Å². The number of halogens is 1. The van der Waals surface area contributed by atoms with Gasteiger partial charge in [-0.05, 0) is 36.1 Å². The van der Waals surface area contributed by atoms with Crippen molar-refractivity contribution in [1.29, 1.82) is 0 Å². The largest absolute Gasteiger partial charge is 0.497 e. The Kier molecular flexibility index (Phi) is 6.14. The lowest BCUT2D eigenvalue weighted by atomic mass is 9.93. The minimum absolute atomic E-state index is 0.190. The van der Waals surface area contributed by atoms with Crippen LogP contribution in [0.4, 0.5) is 10.1 Å². The van der Waals surface area contributed by atoms with Gasteiger partial charge in [-0.2, -0.15) is 11.3 Å². The number of hydrogen-bond donors (Lipinski definition) is 1. The molecular weight excluding hydrogens is 409 g/mol. The van der Waals surface area contributed by atoms with Crippen molar-refractivity contribution in [1.82, 2.24) is 0 Å². The number of ketones is 1. The first kappa shape index (κ1) is 20.8. The van der Waals surface area contributed by atoms with Crippen LogP contribution in [0.25, 0.3) is 11.1 Å². The van der Waals surface area contributed by atoms with Gasteiger partial charge in [-0.25, -0.2) is 4.39 Å². The van der Waals surface area contributed by atoms with Crippen molar-refractivity contribution in [2.24, 2.45) is 0 Å². The first-order valence-corrected chi connectivity index (χ1v) is 10.8. The van der Waals surface area contributed by atoms with E-state index in [1.54, 1.807) is 31.4 Å². The van der Waals surface area contributed by atoms with E-state index in [9.17, 15) is 9.18 Å². The van der Waals surface area contributed by atoms with Gasteiger partial charge in [0.1, 0.15) is 17.6 Å². The van der Waals surface area contributed by atoms with Crippen LogP contribution in [-0.4, -0.2) is 12.9 Å². The van der Waals surface area contributed by atoms with E-state index in [0.29, 0.717) is 22.6 Å². The molecule has 0 saturated heterocycles. The summed E-state index contributed by atoms with van der Waals surface area (Å²) in [5, 5.41) is 7.01. The summed E-state index contributed by atoms with van der Waals surface area (Å²) in [7, 11) is 1.58. The summed E-state index contributed by atoms with van der Waals surface area (Å²) in [4.78, 5) is 13.7.